The number of thiazole rings is 1. The molecule has 0 saturated carbocycles. The highest BCUT2D eigenvalue weighted by molar-refractivity contribution is 7.09. The van der Waals surface area contributed by atoms with Crippen molar-refractivity contribution < 1.29 is 4.79 Å². The van der Waals surface area contributed by atoms with Crippen LogP contribution in [0.3, 0.4) is 0 Å². The van der Waals surface area contributed by atoms with Gasteiger partial charge in [-0.3, -0.25) is 9.88 Å². The minimum absolute atomic E-state index is 0.0164. The molecule has 2 aromatic heterocycles. The number of amides is 2. The minimum atomic E-state index is -0.0882. The van der Waals surface area contributed by atoms with Gasteiger partial charge in [0.15, 0.2) is 0 Å². The van der Waals surface area contributed by atoms with E-state index in [0.717, 1.165) is 49.1 Å². The number of urea groups is 1. The molecule has 1 fully saturated rings. The summed E-state index contributed by atoms with van der Waals surface area (Å²) in [7, 11) is 0. The summed E-state index contributed by atoms with van der Waals surface area (Å²) in [6.07, 6.45) is 1.75. The Labute approximate surface area is 146 Å². The van der Waals surface area contributed by atoms with E-state index in [1.54, 1.807) is 17.5 Å². The molecule has 2 aromatic rings. The van der Waals surface area contributed by atoms with Crippen LogP contribution in [0.1, 0.15) is 29.4 Å². The van der Waals surface area contributed by atoms with Gasteiger partial charge < -0.3 is 10.2 Å². The minimum Gasteiger partial charge on any atom is -0.330 e. The summed E-state index contributed by atoms with van der Waals surface area (Å²) < 4.78 is 0. The molecular weight excluding hydrogens is 322 g/mol. The van der Waals surface area contributed by atoms with Crippen LogP contribution in [0.4, 0.5) is 4.79 Å². The summed E-state index contributed by atoms with van der Waals surface area (Å²) in [4.78, 5) is 25.4. The van der Waals surface area contributed by atoms with Crippen molar-refractivity contribution in [3.63, 3.8) is 0 Å². The molecule has 1 saturated heterocycles. The number of aryl methyl sites for hydroxylation is 1. The molecule has 3 heterocycles. The van der Waals surface area contributed by atoms with Gasteiger partial charge in [-0.05, 0) is 26.0 Å². The van der Waals surface area contributed by atoms with Gasteiger partial charge in [-0.25, -0.2) is 9.78 Å². The van der Waals surface area contributed by atoms with Gasteiger partial charge in [0.05, 0.1) is 22.4 Å². The number of carbonyl (C=O) groups is 1. The third-order valence-corrected chi connectivity index (χ3v) is 5.01. The van der Waals surface area contributed by atoms with E-state index in [0.29, 0.717) is 0 Å². The summed E-state index contributed by atoms with van der Waals surface area (Å²) in [6.45, 7) is 8.09. The zero-order valence-electron chi connectivity index (χ0n) is 14.1. The third-order valence-electron chi connectivity index (χ3n) is 4.18. The highest BCUT2D eigenvalue weighted by atomic mass is 32.1. The topological polar surface area (TPSA) is 61.4 Å². The molecular formula is C17H23N5OS. The molecule has 0 bridgehead atoms. The summed E-state index contributed by atoms with van der Waals surface area (Å²) in [5.74, 6) is 0. The lowest BCUT2D eigenvalue weighted by Crippen LogP contribution is -2.51. The fraction of sp³-hybridized carbons (Fsp3) is 0.471. The lowest BCUT2D eigenvalue weighted by atomic mass is 10.2. The number of nitrogens with one attached hydrogen (secondary N) is 1. The molecule has 1 aliphatic heterocycles. The van der Waals surface area contributed by atoms with Gasteiger partial charge in [0, 0.05) is 44.3 Å². The molecule has 0 radical (unpaired) electrons. The molecule has 1 atom stereocenters. The van der Waals surface area contributed by atoms with Crippen LogP contribution in [-0.4, -0.2) is 52.0 Å². The van der Waals surface area contributed by atoms with Gasteiger partial charge >= 0.3 is 6.03 Å². The van der Waals surface area contributed by atoms with Crippen LogP contribution in [0.5, 0.6) is 0 Å². The van der Waals surface area contributed by atoms with E-state index in [4.69, 9.17) is 0 Å². The zero-order chi connectivity index (χ0) is 16.9. The molecule has 0 aromatic carbocycles. The largest absolute Gasteiger partial charge is 0.330 e. The Morgan fingerprint density at radius 2 is 2.12 bits per heavy atom. The number of hydrogen-bond acceptors (Lipinski definition) is 5. The second-order valence-corrected chi connectivity index (χ2v) is 7.11. The lowest BCUT2D eigenvalue weighted by molar-refractivity contribution is 0.133. The smallest absolute Gasteiger partial charge is 0.318 e. The Kier molecular flexibility index (Phi) is 5.42. The number of nitrogens with zero attached hydrogens (tertiary/aromatic N) is 4. The SMILES string of the molecule is Cc1nc(CN2CCN(C(=O)NC(C)c3ccccn3)CC2)cs1. The van der Waals surface area contributed by atoms with Crippen molar-refractivity contribution in [1.29, 1.82) is 0 Å². The van der Waals surface area contributed by atoms with Crippen LogP contribution in [0.2, 0.25) is 0 Å². The van der Waals surface area contributed by atoms with E-state index >= 15 is 0 Å². The van der Waals surface area contributed by atoms with E-state index in [9.17, 15) is 4.79 Å². The molecule has 24 heavy (non-hydrogen) atoms. The van der Waals surface area contributed by atoms with Crippen LogP contribution in [0.15, 0.2) is 29.8 Å². The Hall–Kier alpha value is -1.99. The van der Waals surface area contributed by atoms with Crippen LogP contribution in [-0.2, 0) is 6.54 Å². The van der Waals surface area contributed by atoms with E-state index in [2.05, 4.69) is 25.6 Å². The second-order valence-electron chi connectivity index (χ2n) is 6.05. The second kappa shape index (κ2) is 7.72. The van der Waals surface area contributed by atoms with Crippen LogP contribution in [0, 0.1) is 6.92 Å². The number of rotatable bonds is 4. The van der Waals surface area contributed by atoms with Crippen molar-refractivity contribution in [1.82, 2.24) is 25.1 Å². The van der Waals surface area contributed by atoms with E-state index in [1.165, 1.54) is 0 Å². The van der Waals surface area contributed by atoms with E-state index < -0.39 is 0 Å². The van der Waals surface area contributed by atoms with Crippen molar-refractivity contribution in [2.45, 2.75) is 26.4 Å². The summed E-state index contributed by atoms with van der Waals surface area (Å²) in [6, 6.07) is 5.64. The monoisotopic (exact) mass is 345 g/mol. The normalized spacial score (nSPS) is 16.8. The molecule has 6 nitrogen and oxygen atoms in total. The Bertz CT molecular complexity index is 667. The van der Waals surface area contributed by atoms with Crippen LogP contribution in [0.25, 0.3) is 0 Å². The average Bonchev–Trinajstić information content (AvgIpc) is 3.01. The van der Waals surface area contributed by atoms with Gasteiger partial charge in [-0.1, -0.05) is 6.07 Å². The molecule has 2 amide bonds. The van der Waals surface area contributed by atoms with Crippen molar-refractivity contribution in [2.24, 2.45) is 0 Å². The molecule has 1 unspecified atom stereocenters. The number of hydrogen-bond donors (Lipinski definition) is 1. The maximum atomic E-state index is 12.4. The first-order valence-electron chi connectivity index (χ1n) is 8.21. The Morgan fingerprint density at radius 3 is 2.75 bits per heavy atom. The molecule has 1 aliphatic rings. The zero-order valence-corrected chi connectivity index (χ0v) is 14.9. The van der Waals surface area contributed by atoms with E-state index in [1.807, 2.05) is 36.9 Å². The lowest BCUT2D eigenvalue weighted by Gasteiger charge is -2.34. The van der Waals surface area contributed by atoms with Gasteiger partial charge in [0.25, 0.3) is 0 Å². The maximum Gasteiger partial charge on any atom is 0.318 e. The first-order valence-corrected chi connectivity index (χ1v) is 9.09. The fourth-order valence-corrected chi connectivity index (χ4v) is 3.41. The maximum absolute atomic E-state index is 12.4. The van der Waals surface area contributed by atoms with Gasteiger partial charge in [-0.2, -0.15) is 0 Å². The third kappa shape index (κ3) is 4.30. The predicted molar refractivity (Wildman–Crippen MR) is 94.9 cm³/mol. The van der Waals surface area contributed by atoms with Gasteiger partial charge in [-0.15, -0.1) is 11.3 Å². The standard InChI is InChI=1S/C17H23N5OS/c1-13(16-5-3-4-6-18-16)19-17(23)22-9-7-21(8-10-22)11-15-12-24-14(2)20-15/h3-6,12-13H,7-11H2,1-2H3,(H,19,23). The highest BCUT2D eigenvalue weighted by Gasteiger charge is 2.23. The predicted octanol–water partition coefficient (Wildman–Crippen LogP) is 2.43. The molecule has 1 N–H and O–H groups in total. The first-order chi connectivity index (χ1) is 11.6. The molecule has 0 spiro atoms. The quantitative estimate of drug-likeness (QED) is 0.924. The van der Waals surface area contributed by atoms with Gasteiger partial charge in [0.1, 0.15) is 0 Å². The number of pyridine rings is 1. The summed E-state index contributed by atoms with van der Waals surface area (Å²) in [5.41, 5.74) is 2.00. The Balaban J connectivity index is 1.46. The number of piperazine rings is 1. The first kappa shape index (κ1) is 16.9. The molecule has 3 rings (SSSR count). The van der Waals surface area contributed by atoms with Crippen LogP contribution >= 0.6 is 11.3 Å². The molecule has 128 valence electrons. The molecule has 7 heteroatoms. The molecule has 0 aliphatic carbocycles. The van der Waals surface area contributed by atoms with Gasteiger partial charge in [0.2, 0.25) is 0 Å². The number of carbonyl (C=O) groups excluding carboxylic acids is 1. The summed E-state index contributed by atoms with van der Waals surface area (Å²) >= 11 is 1.68. The van der Waals surface area contributed by atoms with Crippen molar-refractivity contribution in [3.05, 3.63) is 46.2 Å². The van der Waals surface area contributed by atoms with Crippen LogP contribution < -0.4 is 5.32 Å². The summed E-state index contributed by atoms with van der Waals surface area (Å²) in [5, 5.41) is 6.25. The number of aromatic nitrogens is 2. The van der Waals surface area contributed by atoms with Crippen molar-refractivity contribution >= 4 is 17.4 Å². The van der Waals surface area contributed by atoms with Crippen molar-refractivity contribution in [2.75, 3.05) is 26.2 Å². The Morgan fingerprint density at radius 1 is 1.33 bits per heavy atom. The van der Waals surface area contributed by atoms with E-state index in [-0.39, 0.29) is 12.1 Å². The highest BCUT2D eigenvalue weighted by Crippen LogP contribution is 2.13. The fourth-order valence-electron chi connectivity index (χ4n) is 2.80. The average molecular weight is 345 g/mol. The van der Waals surface area contributed by atoms with Crippen molar-refractivity contribution in [3.8, 4) is 0 Å².